The van der Waals surface area contributed by atoms with Crippen LogP contribution < -0.4 is 0 Å². The normalized spacial score (nSPS) is 11.1. The van der Waals surface area contributed by atoms with Gasteiger partial charge in [0.25, 0.3) is 0 Å². The van der Waals surface area contributed by atoms with E-state index >= 15 is 0 Å². The van der Waals surface area contributed by atoms with E-state index < -0.39 is 12.4 Å². The van der Waals surface area contributed by atoms with Crippen LogP contribution in [0.5, 0.6) is 0 Å². The molecule has 0 N–H and O–H groups in total. The van der Waals surface area contributed by atoms with Crippen LogP contribution in [-0.2, 0) is 40.4 Å². The summed E-state index contributed by atoms with van der Waals surface area (Å²) in [7, 11) is 0. The molecule has 0 saturated heterocycles. The minimum absolute atomic E-state index is 0.104. The van der Waals surface area contributed by atoms with Gasteiger partial charge in [-0.3, -0.25) is 4.79 Å². The molecule has 0 aliphatic rings. The van der Waals surface area contributed by atoms with Gasteiger partial charge in [-0.1, -0.05) is 33.1 Å². The van der Waals surface area contributed by atoms with Gasteiger partial charge in [0.05, 0.1) is 6.61 Å². The van der Waals surface area contributed by atoms with E-state index in [2.05, 4.69) is 11.7 Å². The van der Waals surface area contributed by atoms with Crippen molar-refractivity contribution in [3.8, 4) is 0 Å². The summed E-state index contributed by atoms with van der Waals surface area (Å²) in [5.74, 6) is -1.28. The minimum atomic E-state index is -2.27. The Kier molecular flexibility index (Phi) is 15.9. The van der Waals surface area contributed by atoms with Crippen molar-refractivity contribution >= 4 is 5.97 Å². The number of carbonyl (C=O) groups excluding carboxylic acids is 1. The monoisotopic (exact) mass is 591 g/mol. The van der Waals surface area contributed by atoms with Crippen LogP contribution in [0.2, 0.25) is 0 Å². The third kappa shape index (κ3) is 11.0. The van der Waals surface area contributed by atoms with Gasteiger partial charge in [-0.25, -0.2) is 0 Å². The molecule has 0 fully saturated rings. The number of esters is 1. The first-order valence-electron chi connectivity index (χ1n) is 5.09. The maximum absolute atomic E-state index is 11.7. The second-order valence-electron chi connectivity index (χ2n) is 3.28. The second kappa shape index (κ2) is 13.5. The Morgan fingerprint density at radius 1 is 1.38 bits per heavy atom. The molecule has 1 atom stereocenters. The Labute approximate surface area is 113 Å². The zero-order valence-corrected chi connectivity index (χ0v) is 14.5. The molecule has 6 heteroatoms. The molecule has 0 heterocycles. The standard InChI is InChI=1S/C10H17F2O2.2Os/c1-3-5-6-8(4-2)7-14-10(13)9(11)12;;/h8H,3-7H2,1-2H3;;/q-1;;. The molecular weight excluding hydrogens is 571 g/mol. The summed E-state index contributed by atoms with van der Waals surface area (Å²) in [5.41, 5.74) is 0. The molecule has 2 nitrogen and oxygen atoms in total. The SMILES string of the molecule is CCCCC(CC)COC(=O)[C-](F)F.[Os]=[Os]. The summed E-state index contributed by atoms with van der Waals surface area (Å²) < 4.78 is 27.8. The number of hydrogen-bond donors (Lipinski definition) is 0. The molecule has 1 unspecified atom stereocenters. The van der Waals surface area contributed by atoms with E-state index in [4.69, 9.17) is 0 Å². The van der Waals surface area contributed by atoms with Crippen LogP contribution >= 0.6 is 0 Å². The zero-order valence-electron chi connectivity index (χ0n) is 9.39. The predicted molar refractivity (Wildman–Crippen MR) is 49.7 cm³/mol. The molecule has 0 aliphatic carbocycles. The fraction of sp³-hybridized carbons (Fsp3) is 0.800. The van der Waals surface area contributed by atoms with E-state index in [1.165, 1.54) is 0 Å². The second-order valence-corrected chi connectivity index (χ2v) is 3.28. The van der Waals surface area contributed by atoms with Crippen molar-refractivity contribution in [1.29, 1.82) is 0 Å². The van der Waals surface area contributed by atoms with E-state index in [0.29, 0.717) is 0 Å². The van der Waals surface area contributed by atoms with Crippen molar-refractivity contribution in [2.75, 3.05) is 6.61 Å². The molecule has 0 radical (unpaired) electrons. The fourth-order valence-electron chi connectivity index (χ4n) is 1.15. The van der Waals surface area contributed by atoms with Crippen molar-refractivity contribution in [1.82, 2.24) is 0 Å². The quantitative estimate of drug-likeness (QED) is 0.338. The summed E-state index contributed by atoms with van der Waals surface area (Å²) in [5, 5.41) is 0. The molecule has 0 bridgehead atoms. The van der Waals surface area contributed by atoms with Crippen LogP contribution in [0, 0.1) is 12.3 Å². The molecular formula is C10H17F2O2Os2-. The number of halogens is 2. The third-order valence-electron chi connectivity index (χ3n) is 2.15. The Bertz CT molecular complexity index is 180. The van der Waals surface area contributed by atoms with E-state index in [1.54, 1.807) is 0 Å². The third-order valence-corrected chi connectivity index (χ3v) is 2.15. The molecule has 0 amide bonds. The van der Waals surface area contributed by atoms with Gasteiger partial charge >= 0.3 is 30.8 Å². The number of carbonyl (C=O) groups is 1. The Balaban J connectivity index is 0. The summed E-state index contributed by atoms with van der Waals surface area (Å²) in [6.07, 6.45) is 1.61. The van der Waals surface area contributed by atoms with Gasteiger partial charge in [0, 0.05) is 6.43 Å². The van der Waals surface area contributed by atoms with Gasteiger partial charge in [-0.15, -0.1) is 0 Å². The Hall–Kier alpha value is 0.473. The van der Waals surface area contributed by atoms with E-state index in [9.17, 15) is 13.6 Å². The van der Waals surface area contributed by atoms with Gasteiger partial charge in [0.2, 0.25) is 5.97 Å². The molecule has 16 heavy (non-hydrogen) atoms. The molecule has 0 spiro atoms. The van der Waals surface area contributed by atoms with Gasteiger partial charge in [0.1, 0.15) is 0 Å². The summed E-state index contributed by atoms with van der Waals surface area (Å²) in [6.45, 7) is 4.13. The summed E-state index contributed by atoms with van der Waals surface area (Å²) >= 11 is 3.78. The summed E-state index contributed by atoms with van der Waals surface area (Å²) in [6, 6.07) is 0. The molecule has 0 saturated carbocycles. The van der Waals surface area contributed by atoms with E-state index in [1.807, 2.05) is 37.8 Å². The van der Waals surface area contributed by atoms with E-state index in [-0.39, 0.29) is 12.5 Å². The topological polar surface area (TPSA) is 26.3 Å². The molecule has 0 aromatic heterocycles. The van der Waals surface area contributed by atoms with Crippen molar-refractivity contribution < 1.29 is 49.2 Å². The predicted octanol–water partition coefficient (Wildman–Crippen LogP) is 3.17. The Morgan fingerprint density at radius 2 is 1.94 bits per heavy atom. The van der Waals surface area contributed by atoms with Gasteiger partial charge < -0.3 is 13.5 Å². The van der Waals surface area contributed by atoms with Gasteiger partial charge in [-0.05, 0) is 12.3 Å². The van der Waals surface area contributed by atoms with Crippen LogP contribution in [0.1, 0.15) is 39.5 Å². The Morgan fingerprint density at radius 3 is 2.31 bits per heavy atom. The first kappa shape index (κ1) is 18.8. The van der Waals surface area contributed by atoms with Crippen molar-refractivity contribution in [2.24, 2.45) is 5.92 Å². The fourth-order valence-corrected chi connectivity index (χ4v) is 1.15. The van der Waals surface area contributed by atoms with E-state index in [0.717, 1.165) is 25.7 Å². The average molecular weight is 588 g/mol. The zero-order chi connectivity index (χ0) is 13.0. The summed E-state index contributed by atoms with van der Waals surface area (Å²) in [4.78, 5) is 10.4. The first-order valence-corrected chi connectivity index (χ1v) is 13.3. The number of unbranched alkanes of at least 4 members (excludes halogenated alkanes) is 1. The number of rotatable bonds is 7. The molecule has 0 aromatic carbocycles. The number of ether oxygens (including phenoxy) is 1. The van der Waals surface area contributed by atoms with Gasteiger partial charge in [0.15, 0.2) is 0 Å². The van der Waals surface area contributed by atoms with Crippen LogP contribution in [-0.4, -0.2) is 12.6 Å². The average Bonchev–Trinajstić information content (AvgIpc) is 2.31. The van der Waals surface area contributed by atoms with Gasteiger partial charge in [-0.2, -0.15) is 0 Å². The van der Waals surface area contributed by atoms with Crippen molar-refractivity contribution in [3.63, 3.8) is 0 Å². The molecule has 0 aromatic rings. The van der Waals surface area contributed by atoms with Crippen LogP contribution in [0.3, 0.4) is 0 Å². The molecule has 0 rings (SSSR count). The van der Waals surface area contributed by atoms with Crippen LogP contribution in [0.4, 0.5) is 8.78 Å². The molecule has 0 aliphatic heterocycles. The number of hydrogen-bond acceptors (Lipinski definition) is 2. The maximum atomic E-state index is 11.7. The van der Waals surface area contributed by atoms with Crippen molar-refractivity contribution in [3.05, 3.63) is 6.43 Å². The van der Waals surface area contributed by atoms with Crippen molar-refractivity contribution in [2.45, 2.75) is 39.5 Å². The van der Waals surface area contributed by atoms with Crippen LogP contribution in [0.15, 0.2) is 0 Å². The van der Waals surface area contributed by atoms with Crippen LogP contribution in [0.25, 0.3) is 0 Å². The first-order chi connectivity index (χ1) is 7.61. The molecule has 100 valence electrons.